The Bertz CT molecular complexity index is 783. The van der Waals surface area contributed by atoms with E-state index in [1.165, 1.54) is 19.2 Å². The second-order valence-electron chi connectivity index (χ2n) is 4.47. The molecule has 0 heterocycles. The van der Waals surface area contributed by atoms with E-state index in [0.29, 0.717) is 16.0 Å². The molecular weight excluding hydrogens is 389 g/mol. The summed E-state index contributed by atoms with van der Waals surface area (Å²) in [6.07, 6.45) is 0. The van der Waals surface area contributed by atoms with E-state index in [-0.39, 0.29) is 13.2 Å². The third kappa shape index (κ3) is 4.66. The van der Waals surface area contributed by atoms with Crippen LogP contribution in [0, 0.1) is 5.82 Å². The average Bonchev–Trinajstić information content (AvgIpc) is 2.54. The molecule has 0 saturated heterocycles. The van der Waals surface area contributed by atoms with E-state index in [1.54, 1.807) is 24.3 Å². The van der Waals surface area contributed by atoms with Gasteiger partial charge in [-0.05, 0) is 30.3 Å². The molecule has 124 valence electrons. The van der Waals surface area contributed by atoms with Crippen LogP contribution in [0.25, 0.3) is 0 Å². The number of ether oxygens (including phenoxy) is 2. The van der Waals surface area contributed by atoms with Crippen LogP contribution in [-0.2, 0) is 10.0 Å². The third-order valence-electron chi connectivity index (χ3n) is 2.90. The number of hydrogen-bond acceptors (Lipinski definition) is 4. The molecule has 0 aliphatic rings. The summed E-state index contributed by atoms with van der Waals surface area (Å²) in [5.41, 5.74) is 0. The van der Waals surface area contributed by atoms with Crippen LogP contribution in [0.4, 0.5) is 4.39 Å². The molecule has 0 atom stereocenters. The fourth-order valence-electron chi connectivity index (χ4n) is 1.84. The van der Waals surface area contributed by atoms with Crippen molar-refractivity contribution in [2.45, 2.75) is 4.90 Å². The Morgan fingerprint density at radius 3 is 2.57 bits per heavy atom. The molecule has 8 heteroatoms. The van der Waals surface area contributed by atoms with Crippen LogP contribution < -0.4 is 14.2 Å². The summed E-state index contributed by atoms with van der Waals surface area (Å²) in [4.78, 5) is -0.413. The largest absolute Gasteiger partial charge is 0.493 e. The van der Waals surface area contributed by atoms with Crippen LogP contribution in [0.1, 0.15) is 0 Å². The Kier molecular flexibility index (Phi) is 5.97. The van der Waals surface area contributed by atoms with Gasteiger partial charge < -0.3 is 9.47 Å². The number of halogens is 2. The van der Waals surface area contributed by atoms with Gasteiger partial charge in [-0.3, -0.25) is 0 Å². The van der Waals surface area contributed by atoms with Crippen LogP contribution in [0.2, 0.25) is 0 Å². The number of rotatable bonds is 7. The van der Waals surface area contributed by atoms with Gasteiger partial charge in [-0.2, -0.15) is 0 Å². The summed E-state index contributed by atoms with van der Waals surface area (Å²) in [7, 11) is -2.43. The summed E-state index contributed by atoms with van der Waals surface area (Å²) in [5.74, 6) is 0.238. The summed E-state index contributed by atoms with van der Waals surface area (Å²) < 4.78 is 51.2. The van der Waals surface area contributed by atoms with Crippen LogP contribution in [0.3, 0.4) is 0 Å². The van der Waals surface area contributed by atoms with E-state index in [4.69, 9.17) is 9.47 Å². The minimum absolute atomic E-state index is 0.00760. The molecule has 0 unspecified atom stereocenters. The first-order valence-corrected chi connectivity index (χ1v) is 8.92. The topological polar surface area (TPSA) is 64.6 Å². The lowest BCUT2D eigenvalue weighted by atomic mass is 10.3. The second kappa shape index (κ2) is 7.76. The highest BCUT2D eigenvalue weighted by molar-refractivity contribution is 9.10. The molecule has 0 fully saturated rings. The highest BCUT2D eigenvalue weighted by atomic mass is 79.9. The quantitative estimate of drug-likeness (QED) is 0.721. The van der Waals surface area contributed by atoms with Crippen LogP contribution in [-0.4, -0.2) is 28.7 Å². The maximum Gasteiger partial charge on any atom is 0.243 e. The molecule has 0 radical (unpaired) electrons. The molecule has 0 aliphatic carbocycles. The van der Waals surface area contributed by atoms with E-state index in [2.05, 4.69) is 20.7 Å². The SMILES string of the molecule is COc1ccccc1OCCNS(=O)(=O)c1cc(Br)ccc1F. The van der Waals surface area contributed by atoms with Gasteiger partial charge in [0.25, 0.3) is 0 Å². The van der Waals surface area contributed by atoms with Gasteiger partial charge in [0.05, 0.1) is 7.11 Å². The standard InChI is InChI=1S/C15H15BrFNO4S/c1-21-13-4-2-3-5-14(13)22-9-8-18-23(19,20)15-10-11(16)6-7-12(15)17/h2-7,10,18H,8-9H2,1H3. The minimum Gasteiger partial charge on any atom is -0.493 e. The molecule has 2 rings (SSSR count). The van der Waals surface area contributed by atoms with Crippen molar-refractivity contribution in [2.24, 2.45) is 0 Å². The molecule has 0 aliphatic heterocycles. The highest BCUT2D eigenvalue weighted by Crippen LogP contribution is 2.25. The lowest BCUT2D eigenvalue weighted by Gasteiger charge is -2.11. The van der Waals surface area contributed by atoms with E-state index < -0.39 is 20.7 Å². The number of hydrogen-bond donors (Lipinski definition) is 1. The van der Waals surface area contributed by atoms with Gasteiger partial charge in [-0.15, -0.1) is 0 Å². The first kappa shape index (κ1) is 17.7. The van der Waals surface area contributed by atoms with Gasteiger partial charge in [-0.25, -0.2) is 17.5 Å². The number of nitrogens with one attached hydrogen (secondary N) is 1. The van der Waals surface area contributed by atoms with Gasteiger partial charge in [0.1, 0.15) is 17.3 Å². The predicted molar refractivity (Wildman–Crippen MR) is 87.8 cm³/mol. The molecule has 2 aromatic carbocycles. The normalized spacial score (nSPS) is 11.3. The summed E-state index contributed by atoms with van der Waals surface area (Å²) in [5, 5.41) is 0. The Hall–Kier alpha value is -1.64. The molecule has 0 saturated carbocycles. The number of benzene rings is 2. The first-order valence-electron chi connectivity index (χ1n) is 6.64. The Morgan fingerprint density at radius 1 is 1.17 bits per heavy atom. The summed E-state index contributed by atoms with van der Waals surface area (Å²) in [6, 6.07) is 10.7. The minimum atomic E-state index is -3.95. The Labute approximate surface area is 142 Å². The molecule has 0 spiro atoms. The van der Waals surface area contributed by atoms with Gasteiger partial charge in [0.2, 0.25) is 10.0 Å². The van der Waals surface area contributed by atoms with E-state index in [0.717, 1.165) is 6.07 Å². The first-order chi connectivity index (χ1) is 10.9. The zero-order chi connectivity index (χ0) is 16.9. The molecular formula is C15H15BrFNO4S. The smallest absolute Gasteiger partial charge is 0.243 e. The number of sulfonamides is 1. The number of methoxy groups -OCH3 is 1. The zero-order valence-corrected chi connectivity index (χ0v) is 14.7. The molecule has 0 aromatic heterocycles. The molecule has 2 aromatic rings. The fraction of sp³-hybridized carbons (Fsp3) is 0.200. The third-order valence-corrected chi connectivity index (χ3v) is 4.87. The average molecular weight is 404 g/mol. The van der Waals surface area contributed by atoms with Crippen molar-refractivity contribution in [1.29, 1.82) is 0 Å². The molecule has 5 nitrogen and oxygen atoms in total. The van der Waals surface area contributed by atoms with Crippen molar-refractivity contribution >= 4 is 26.0 Å². The van der Waals surface area contributed by atoms with Crippen LogP contribution in [0.5, 0.6) is 11.5 Å². The number of para-hydroxylation sites is 2. The van der Waals surface area contributed by atoms with Crippen molar-refractivity contribution in [1.82, 2.24) is 4.72 Å². The fourth-order valence-corrected chi connectivity index (χ4v) is 3.46. The Balaban J connectivity index is 1.96. The van der Waals surface area contributed by atoms with E-state index in [9.17, 15) is 12.8 Å². The summed E-state index contributed by atoms with van der Waals surface area (Å²) in [6.45, 7) is 0.0710. The van der Waals surface area contributed by atoms with E-state index in [1.807, 2.05) is 0 Å². The van der Waals surface area contributed by atoms with Crippen molar-refractivity contribution in [3.8, 4) is 11.5 Å². The second-order valence-corrected chi connectivity index (χ2v) is 7.12. The lowest BCUT2D eigenvalue weighted by molar-refractivity contribution is 0.298. The van der Waals surface area contributed by atoms with Gasteiger partial charge in [0, 0.05) is 11.0 Å². The van der Waals surface area contributed by atoms with Crippen molar-refractivity contribution in [3.05, 3.63) is 52.8 Å². The van der Waals surface area contributed by atoms with Crippen molar-refractivity contribution in [2.75, 3.05) is 20.3 Å². The lowest BCUT2D eigenvalue weighted by Crippen LogP contribution is -2.29. The monoisotopic (exact) mass is 403 g/mol. The maximum absolute atomic E-state index is 13.7. The molecule has 23 heavy (non-hydrogen) atoms. The zero-order valence-electron chi connectivity index (χ0n) is 12.3. The van der Waals surface area contributed by atoms with Crippen LogP contribution >= 0.6 is 15.9 Å². The molecule has 1 N–H and O–H groups in total. The van der Waals surface area contributed by atoms with Crippen molar-refractivity contribution < 1.29 is 22.3 Å². The van der Waals surface area contributed by atoms with Gasteiger partial charge >= 0.3 is 0 Å². The predicted octanol–water partition coefficient (Wildman–Crippen LogP) is 2.95. The van der Waals surface area contributed by atoms with E-state index >= 15 is 0 Å². The van der Waals surface area contributed by atoms with Crippen molar-refractivity contribution in [3.63, 3.8) is 0 Å². The summed E-state index contributed by atoms with van der Waals surface area (Å²) >= 11 is 3.12. The van der Waals surface area contributed by atoms with Gasteiger partial charge in [-0.1, -0.05) is 28.1 Å². The van der Waals surface area contributed by atoms with Gasteiger partial charge in [0.15, 0.2) is 11.5 Å². The Morgan fingerprint density at radius 2 is 1.87 bits per heavy atom. The maximum atomic E-state index is 13.7. The molecule has 0 bridgehead atoms. The highest BCUT2D eigenvalue weighted by Gasteiger charge is 2.19. The van der Waals surface area contributed by atoms with Crippen LogP contribution in [0.15, 0.2) is 51.8 Å². The molecule has 0 amide bonds.